The summed E-state index contributed by atoms with van der Waals surface area (Å²) < 4.78 is 11.3. The lowest BCUT2D eigenvalue weighted by atomic mass is 10.1. The van der Waals surface area contributed by atoms with Crippen LogP contribution < -0.4 is 5.63 Å². The second-order valence-corrected chi connectivity index (χ2v) is 6.09. The van der Waals surface area contributed by atoms with E-state index in [1.54, 1.807) is 18.2 Å². The highest BCUT2D eigenvalue weighted by atomic mass is 79.9. The first-order valence-corrected chi connectivity index (χ1v) is 7.78. The van der Waals surface area contributed by atoms with Crippen molar-refractivity contribution in [1.29, 1.82) is 0 Å². The number of esters is 1. The van der Waals surface area contributed by atoms with Gasteiger partial charge >= 0.3 is 11.6 Å². The van der Waals surface area contributed by atoms with E-state index in [0.717, 1.165) is 15.4 Å². The van der Waals surface area contributed by atoms with Gasteiger partial charge in [0.25, 0.3) is 0 Å². The maximum absolute atomic E-state index is 12.1. The smallest absolute Gasteiger partial charge is 0.338 e. The quantitative estimate of drug-likeness (QED) is 0.510. The summed E-state index contributed by atoms with van der Waals surface area (Å²) in [5, 5.41) is 0.740. The third-order valence-corrected chi connectivity index (χ3v) is 3.93. The molecule has 5 heteroatoms. The number of aryl methyl sites for hydroxylation is 1. The molecule has 0 aliphatic heterocycles. The largest absolute Gasteiger partial charge is 0.457 e. The summed E-state index contributed by atoms with van der Waals surface area (Å²) in [6.07, 6.45) is 0. The van der Waals surface area contributed by atoms with Gasteiger partial charge in [-0.2, -0.15) is 0 Å². The molecule has 4 nitrogen and oxygen atoms in total. The number of benzene rings is 2. The Balaban J connectivity index is 1.85. The Bertz CT molecular complexity index is 926. The number of fused-ring (bicyclic) bond motifs is 1. The summed E-state index contributed by atoms with van der Waals surface area (Å²) in [6.45, 7) is 1.96. The van der Waals surface area contributed by atoms with E-state index in [1.165, 1.54) is 6.07 Å². The predicted octanol–water partition coefficient (Wildman–Crippen LogP) is 4.22. The average Bonchev–Trinajstić information content (AvgIpc) is 2.52. The second kappa shape index (κ2) is 6.38. The van der Waals surface area contributed by atoms with Gasteiger partial charge in [0.15, 0.2) is 0 Å². The fourth-order valence-electron chi connectivity index (χ4n) is 2.24. The maximum Gasteiger partial charge on any atom is 0.338 e. The minimum absolute atomic E-state index is 0.0104. The highest BCUT2D eigenvalue weighted by Gasteiger charge is 2.11. The monoisotopic (exact) mass is 372 g/mol. The molecule has 2 aromatic carbocycles. The van der Waals surface area contributed by atoms with Crippen molar-refractivity contribution in [2.45, 2.75) is 13.5 Å². The minimum Gasteiger partial charge on any atom is -0.457 e. The zero-order chi connectivity index (χ0) is 16.4. The van der Waals surface area contributed by atoms with Gasteiger partial charge in [-0.3, -0.25) is 0 Å². The number of hydrogen-bond donors (Lipinski definition) is 0. The first-order chi connectivity index (χ1) is 11.0. The highest BCUT2D eigenvalue weighted by molar-refractivity contribution is 9.10. The van der Waals surface area contributed by atoms with Gasteiger partial charge in [-0.05, 0) is 37.3 Å². The molecule has 3 rings (SSSR count). The molecule has 0 unspecified atom stereocenters. The molecule has 0 spiro atoms. The minimum atomic E-state index is -0.475. The molecule has 0 saturated carbocycles. The Kier molecular flexibility index (Phi) is 4.30. The van der Waals surface area contributed by atoms with Crippen LogP contribution in [0.1, 0.15) is 21.5 Å². The standard InChI is InChI=1S/C18H13BrO4/c1-11-2-4-12(5-3-11)18(21)22-10-13-8-17(20)23-16-9-14(19)6-7-15(13)16/h2-9H,10H2,1H3. The Labute approximate surface area is 140 Å². The van der Waals surface area contributed by atoms with Crippen LogP contribution in [0.3, 0.4) is 0 Å². The number of ether oxygens (including phenoxy) is 1. The van der Waals surface area contributed by atoms with Gasteiger partial charge in [0.2, 0.25) is 0 Å². The molecule has 0 radical (unpaired) electrons. The van der Waals surface area contributed by atoms with Crippen LogP contribution in [0.4, 0.5) is 0 Å². The van der Waals surface area contributed by atoms with E-state index in [1.807, 2.05) is 31.2 Å². The third kappa shape index (κ3) is 3.51. The lowest BCUT2D eigenvalue weighted by molar-refractivity contribution is 0.0474. The molecular formula is C18H13BrO4. The first kappa shape index (κ1) is 15.5. The molecule has 1 heterocycles. The van der Waals surface area contributed by atoms with E-state index in [0.29, 0.717) is 16.7 Å². The Morgan fingerprint density at radius 3 is 2.61 bits per heavy atom. The van der Waals surface area contributed by atoms with E-state index < -0.39 is 11.6 Å². The number of halogens is 1. The van der Waals surface area contributed by atoms with Crippen molar-refractivity contribution >= 4 is 32.9 Å². The molecule has 0 atom stereocenters. The van der Waals surface area contributed by atoms with Crippen LogP contribution in [0.5, 0.6) is 0 Å². The summed E-state index contributed by atoms with van der Waals surface area (Å²) in [6, 6.07) is 13.8. The van der Waals surface area contributed by atoms with E-state index in [9.17, 15) is 9.59 Å². The summed E-state index contributed by atoms with van der Waals surface area (Å²) >= 11 is 3.33. The number of carbonyl (C=O) groups excluding carboxylic acids is 1. The predicted molar refractivity (Wildman–Crippen MR) is 90.5 cm³/mol. The van der Waals surface area contributed by atoms with Gasteiger partial charge in [0, 0.05) is 21.5 Å². The molecule has 116 valence electrons. The van der Waals surface area contributed by atoms with Crippen molar-refractivity contribution in [3.8, 4) is 0 Å². The second-order valence-electron chi connectivity index (χ2n) is 5.17. The van der Waals surface area contributed by atoms with Crippen molar-refractivity contribution in [1.82, 2.24) is 0 Å². The van der Waals surface area contributed by atoms with Crippen LogP contribution in [0.25, 0.3) is 11.0 Å². The van der Waals surface area contributed by atoms with Gasteiger partial charge < -0.3 is 9.15 Å². The molecule has 0 aliphatic rings. The number of hydrogen-bond acceptors (Lipinski definition) is 4. The Morgan fingerprint density at radius 1 is 1.13 bits per heavy atom. The van der Waals surface area contributed by atoms with Gasteiger partial charge in [0.1, 0.15) is 12.2 Å². The highest BCUT2D eigenvalue weighted by Crippen LogP contribution is 2.22. The van der Waals surface area contributed by atoms with Crippen molar-refractivity contribution in [2.24, 2.45) is 0 Å². The first-order valence-electron chi connectivity index (χ1n) is 6.99. The lowest BCUT2D eigenvalue weighted by Crippen LogP contribution is -2.08. The molecule has 3 aromatic rings. The summed E-state index contributed by atoms with van der Waals surface area (Å²) in [5.41, 5.74) is 2.14. The Hall–Kier alpha value is -2.40. The molecule has 0 amide bonds. The van der Waals surface area contributed by atoms with E-state index >= 15 is 0 Å². The van der Waals surface area contributed by atoms with E-state index in [-0.39, 0.29) is 6.61 Å². The molecule has 0 bridgehead atoms. The molecule has 1 aromatic heterocycles. The maximum atomic E-state index is 12.1. The van der Waals surface area contributed by atoms with Crippen molar-refractivity contribution in [2.75, 3.05) is 0 Å². The van der Waals surface area contributed by atoms with Crippen molar-refractivity contribution in [3.63, 3.8) is 0 Å². The molecule has 0 saturated heterocycles. The fourth-order valence-corrected chi connectivity index (χ4v) is 2.58. The van der Waals surface area contributed by atoms with Gasteiger partial charge in [-0.1, -0.05) is 33.6 Å². The summed E-state index contributed by atoms with van der Waals surface area (Å²) in [4.78, 5) is 23.7. The molecular weight excluding hydrogens is 360 g/mol. The van der Waals surface area contributed by atoms with Crippen LogP contribution in [0.15, 0.2) is 62.2 Å². The van der Waals surface area contributed by atoms with Crippen molar-refractivity contribution in [3.05, 3.63) is 80.1 Å². The summed E-state index contributed by atoms with van der Waals surface area (Å²) in [7, 11) is 0. The van der Waals surface area contributed by atoms with Crippen LogP contribution in [-0.2, 0) is 11.3 Å². The van der Waals surface area contributed by atoms with Gasteiger partial charge in [-0.15, -0.1) is 0 Å². The SMILES string of the molecule is Cc1ccc(C(=O)OCc2cc(=O)oc3cc(Br)ccc23)cc1. The third-order valence-electron chi connectivity index (χ3n) is 3.44. The van der Waals surface area contributed by atoms with Crippen molar-refractivity contribution < 1.29 is 13.9 Å². The van der Waals surface area contributed by atoms with Crippen LogP contribution in [-0.4, -0.2) is 5.97 Å². The van der Waals surface area contributed by atoms with Crippen LogP contribution in [0.2, 0.25) is 0 Å². The Morgan fingerprint density at radius 2 is 1.87 bits per heavy atom. The van der Waals surface area contributed by atoms with E-state index in [2.05, 4.69) is 15.9 Å². The number of carbonyl (C=O) groups is 1. The van der Waals surface area contributed by atoms with E-state index in [4.69, 9.17) is 9.15 Å². The topological polar surface area (TPSA) is 56.5 Å². The number of rotatable bonds is 3. The summed E-state index contributed by atoms with van der Waals surface area (Å²) in [5.74, 6) is -0.427. The van der Waals surface area contributed by atoms with Crippen LogP contribution in [0, 0.1) is 6.92 Å². The van der Waals surface area contributed by atoms with Gasteiger partial charge in [0.05, 0.1) is 5.56 Å². The zero-order valence-electron chi connectivity index (χ0n) is 12.3. The fraction of sp³-hybridized carbons (Fsp3) is 0.111. The molecule has 0 aliphatic carbocycles. The lowest BCUT2D eigenvalue weighted by Gasteiger charge is -2.07. The average molecular weight is 373 g/mol. The molecule has 0 fully saturated rings. The molecule has 0 N–H and O–H groups in total. The van der Waals surface area contributed by atoms with Gasteiger partial charge in [-0.25, -0.2) is 9.59 Å². The molecule has 23 heavy (non-hydrogen) atoms. The van der Waals surface area contributed by atoms with Crippen LogP contribution >= 0.6 is 15.9 Å². The normalized spacial score (nSPS) is 10.7. The zero-order valence-corrected chi connectivity index (χ0v) is 13.9.